The molecule has 0 unspecified atom stereocenters. The van der Waals surface area contributed by atoms with Crippen molar-refractivity contribution in [3.05, 3.63) is 75.7 Å². The van der Waals surface area contributed by atoms with E-state index in [1.807, 2.05) is 0 Å². The molecule has 0 bridgehead atoms. The first kappa shape index (κ1) is 24.6. The molecule has 2 aromatic heterocycles. The summed E-state index contributed by atoms with van der Waals surface area (Å²) in [5.41, 5.74) is 0.358. The number of alkyl halides is 3. The number of aryl methyl sites for hydroxylation is 1. The molecule has 0 amide bonds. The molecule has 4 aromatic rings. The van der Waals surface area contributed by atoms with Crippen molar-refractivity contribution in [3.8, 4) is 11.4 Å². The van der Waals surface area contributed by atoms with E-state index < -0.39 is 28.2 Å². The third kappa shape index (κ3) is 5.28. The summed E-state index contributed by atoms with van der Waals surface area (Å²) in [4.78, 5) is 12.7. The molecule has 4 rings (SSSR count). The zero-order valence-electron chi connectivity index (χ0n) is 18.0. The van der Waals surface area contributed by atoms with Gasteiger partial charge in [0, 0.05) is 35.6 Å². The van der Waals surface area contributed by atoms with Gasteiger partial charge in [-0.05, 0) is 36.8 Å². The number of hydrogen-bond donors (Lipinski definition) is 1. The fourth-order valence-electron chi connectivity index (χ4n) is 3.50. The molecule has 1 N–H and O–H groups in total. The van der Waals surface area contributed by atoms with Crippen molar-refractivity contribution in [2.45, 2.75) is 23.9 Å². The van der Waals surface area contributed by atoms with Crippen molar-refractivity contribution in [2.24, 2.45) is 0 Å². The van der Waals surface area contributed by atoms with Gasteiger partial charge in [-0.1, -0.05) is 5.16 Å². The topological polar surface area (TPSA) is 103 Å². The van der Waals surface area contributed by atoms with Gasteiger partial charge in [-0.3, -0.25) is 14.1 Å². The van der Waals surface area contributed by atoms with Crippen LogP contribution >= 0.6 is 0 Å². The van der Waals surface area contributed by atoms with Crippen LogP contribution < -0.4 is 15.0 Å². The minimum absolute atomic E-state index is 0.00314. The molecule has 8 nitrogen and oxygen atoms in total. The van der Waals surface area contributed by atoms with Crippen molar-refractivity contribution in [2.75, 3.05) is 11.8 Å². The number of fused-ring (bicyclic) bond motifs is 1. The monoisotopic (exact) mass is 528 g/mol. The van der Waals surface area contributed by atoms with Crippen LogP contribution in [0.15, 0.2) is 69.0 Å². The Morgan fingerprint density at radius 2 is 1.91 bits per heavy atom. The van der Waals surface area contributed by atoms with Gasteiger partial charge in [0.25, 0.3) is 15.6 Å². The molecular weight excluding hydrogens is 511 g/mol. The van der Waals surface area contributed by atoms with Gasteiger partial charge >= 0.3 is 6.18 Å². The summed E-state index contributed by atoms with van der Waals surface area (Å²) in [5.74, 6) is 0.151. The summed E-state index contributed by atoms with van der Waals surface area (Å²) in [7, 11) is -2.67. The second-order valence-electron chi connectivity index (χ2n) is 7.46. The van der Waals surface area contributed by atoms with Crippen LogP contribution in [0.1, 0.15) is 12.0 Å². The van der Waals surface area contributed by atoms with Crippen LogP contribution in [0.3, 0.4) is 0 Å². The summed E-state index contributed by atoms with van der Waals surface area (Å²) in [6.45, 7) is 0. The Kier molecular flexibility index (Phi) is 6.52. The third-order valence-electron chi connectivity index (χ3n) is 5.13. The summed E-state index contributed by atoms with van der Waals surface area (Å²) in [6.07, 6.45) is -4.51. The predicted molar refractivity (Wildman–Crippen MR) is 118 cm³/mol. The minimum Gasteiger partial charge on any atom is -0.495 e. The molecule has 0 saturated carbocycles. The zero-order valence-corrected chi connectivity index (χ0v) is 19.6. The van der Waals surface area contributed by atoms with Crippen molar-refractivity contribution in [1.29, 1.82) is 0 Å². The summed E-state index contributed by atoms with van der Waals surface area (Å²) in [5, 5.41) is 4.07. The van der Waals surface area contributed by atoms with Crippen LogP contribution in [0.2, 0.25) is 5.02 Å². The largest absolute Gasteiger partial charge is 0.495 e. The number of benzene rings is 2. The normalized spacial score (nSPS) is 12.1. The van der Waals surface area contributed by atoms with Crippen LogP contribution in [0.25, 0.3) is 16.6 Å². The number of hydrogen-bond acceptors (Lipinski definition) is 6. The van der Waals surface area contributed by atoms with Crippen molar-refractivity contribution in [1.82, 2.24) is 9.72 Å². The number of aromatic nitrogens is 2. The summed E-state index contributed by atoms with van der Waals surface area (Å²) < 4.78 is 77.0. The van der Waals surface area contributed by atoms with Crippen LogP contribution in [0, 0.1) is 11.6 Å². The van der Waals surface area contributed by atoms with E-state index in [2.05, 4.69) is 14.4 Å². The van der Waals surface area contributed by atoms with Gasteiger partial charge in [0.1, 0.15) is 12.0 Å². The number of sulfonamides is 1. The first-order chi connectivity index (χ1) is 16.5. The van der Waals surface area contributed by atoms with Crippen LogP contribution in [-0.4, -0.2) is 31.4 Å². The van der Waals surface area contributed by atoms with E-state index in [1.54, 1.807) is 0 Å². The van der Waals surface area contributed by atoms with E-state index in [1.165, 1.54) is 66.5 Å². The fraction of sp³-hybridized carbons (Fsp3) is 0.182. The maximum Gasteiger partial charge on any atom is 0.389 e. The molecule has 0 atom stereocenters. The Hall–Kier alpha value is -3.51. The lowest BCUT2D eigenvalue weighted by Gasteiger charge is -2.16. The molecule has 0 aliphatic heterocycles. The first-order valence-corrected chi connectivity index (χ1v) is 11.9. The van der Waals surface area contributed by atoms with Crippen LogP contribution in [-0.2, 0) is 16.4 Å². The second kappa shape index (κ2) is 9.27. The molecule has 184 valence electrons. The van der Waals surface area contributed by atoms with E-state index in [9.17, 15) is 26.4 Å². The third-order valence-corrected chi connectivity index (χ3v) is 6.87. The standard InChI is InChI=1S/C22H18ClF3N3O5S/c1-33-19-11-13(6-8-22(24,25)26)16(23)12-18(19)29-17-4-3-15(10-14(17)2-5-21(29)30)35(31,32)28-20-7-9-34-27-20/h2-5,7,9-12,23H,6,8H2,1H3,(H,27,28)/q+1. The Labute approximate surface area is 201 Å². The Morgan fingerprint density at radius 3 is 2.57 bits per heavy atom. The fourth-order valence-corrected chi connectivity index (χ4v) is 4.80. The number of nitrogens with one attached hydrogen (secondary N) is 1. The van der Waals surface area contributed by atoms with Crippen molar-refractivity contribution in [3.63, 3.8) is 0 Å². The lowest BCUT2D eigenvalue weighted by atomic mass is 10.1. The highest BCUT2D eigenvalue weighted by molar-refractivity contribution is 7.92. The molecule has 2 heterocycles. The number of nitrogens with zero attached hydrogens (tertiary/aromatic N) is 2. The molecule has 0 radical (unpaired) electrons. The first-order valence-electron chi connectivity index (χ1n) is 10.0. The Morgan fingerprint density at radius 1 is 1.14 bits per heavy atom. The molecule has 0 spiro atoms. The number of pyridine rings is 1. The predicted octanol–water partition coefficient (Wildman–Crippen LogP) is 3.98. The molecule has 0 fully saturated rings. The number of ether oxygens (including phenoxy) is 1. The van der Waals surface area contributed by atoms with E-state index in [-0.39, 0.29) is 39.2 Å². The molecule has 35 heavy (non-hydrogen) atoms. The molecule has 0 saturated heterocycles. The molecular formula is C22H18ClF3N3O5S+. The number of rotatable bonds is 7. The Balaban J connectivity index is 1.80. The highest BCUT2D eigenvalue weighted by Crippen LogP contribution is 2.32. The summed E-state index contributed by atoms with van der Waals surface area (Å²) >= 11 is 5.29. The summed E-state index contributed by atoms with van der Waals surface area (Å²) in [6, 6.07) is 10.9. The van der Waals surface area contributed by atoms with E-state index in [0.29, 0.717) is 10.9 Å². The highest BCUT2D eigenvalue weighted by atomic mass is 35.5. The van der Waals surface area contributed by atoms with Gasteiger partial charge in [-0.15, -0.1) is 0 Å². The number of methoxy groups -OCH3 is 1. The average molecular weight is 529 g/mol. The lowest BCUT2D eigenvalue weighted by molar-refractivity contribution is -0.290. The highest BCUT2D eigenvalue weighted by Gasteiger charge is 2.28. The maximum absolute atomic E-state index is 12.8. The quantitative estimate of drug-likeness (QED) is 0.389. The zero-order chi connectivity index (χ0) is 25.4. The van der Waals surface area contributed by atoms with Crippen molar-refractivity contribution >= 4 is 26.7 Å². The minimum atomic E-state index is -4.35. The van der Waals surface area contributed by atoms with Gasteiger partial charge in [0.2, 0.25) is 5.02 Å². The molecule has 13 heteroatoms. The second-order valence-corrected chi connectivity index (χ2v) is 9.59. The van der Waals surface area contributed by atoms with E-state index in [0.717, 1.165) is 0 Å². The van der Waals surface area contributed by atoms with Gasteiger partial charge < -0.3 is 9.26 Å². The van der Waals surface area contributed by atoms with Gasteiger partial charge in [-0.2, -0.15) is 13.2 Å². The molecule has 0 aliphatic rings. The smallest absolute Gasteiger partial charge is 0.389 e. The maximum atomic E-state index is 12.8. The van der Waals surface area contributed by atoms with E-state index >= 15 is 0 Å². The van der Waals surface area contributed by atoms with Crippen LogP contribution in [0.4, 0.5) is 19.0 Å². The number of anilines is 1. The van der Waals surface area contributed by atoms with E-state index in [4.69, 9.17) is 16.3 Å². The van der Waals surface area contributed by atoms with Crippen molar-refractivity contribution < 1.29 is 42.4 Å². The SMILES string of the molecule is COc1cc(CCC(F)(F)F)c([ClH+])cc1-n1c(=O)ccc2cc(S(=O)(=O)Nc3ccon3)ccc21. The molecule has 2 aromatic carbocycles. The van der Waals surface area contributed by atoms with Gasteiger partial charge in [-0.25, -0.2) is 8.42 Å². The van der Waals surface area contributed by atoms with Gasteiger partial charge in [0.15, 0.2) is 17.4 Å². The lowest BCUT2D eigenvalue weighted by Crippen LogP contribution is -2.19. The van der Waals surface area contributed by atoms with Crippen LogP contribution in [0.5, 0.6) is 5.75 Å². The number of halogens is 4. The van der Waals surface area contributed by atoms with Gasteiger partial charge in [0.05, 0.1) is 23.2 Å². The average Bonchev–Trinajstić information content (AvgIpc) is 3.29. The Bertz CT molecular complexity index is 1550. The molecule has 0 aliphatic carbocycles.